The molecule has 2 rings (SSSR count). The minimum atomic E-state index is 0.132. The SMILES string of the molecule is Cn1c(-c2ccc(C(C)(C)C)cc2)cnc1CCO. The van der Waals surface area contributed by atoms with Gasteiger partial charge in [-0.15, -0.1) is 0 Å². The van der Waals surface area contributed by atoms with E-state index in [1.807, 2.05) is 17.8 Å². The number of aliphatic hydroxyl groups excluding tert-OH is 1. The van der Waals surface area contributed by atoms with Gasteiger partial charge in [0, 0.05) is 13.5 Å². The zero-order valence-electron chi connectivity index (χ0n) is 12.1. The predicted molar refractivity (Wildman–Crippen MR) is 78.1 cm³/mol. The van der Waals surface area contributed by atoms with Crippen LogP contribution in [0.2, 0.25) is 0 Å². The fraction of sp³-hybridized carbons (Fsp3) is 0.438. The van der Waals surface area contributed by atoms with Gasteiger partial charge in [-0.05, 0) is 16.5 Å². The highest BCUT2D eigenvalue weighted by molar-refractivity contribution is 5.60. The lowest BCUT2D eigenvalue weighted by Crippen LogP contribution is -2.10. The van der Waals surface area contributed by atoms with Crippen LogP contribution in [0.15, 0.2) is 30.5 Å². The van der Waals surface area contributed by atoms with Crippen molar-refractivity contribution in [1.29, 1.82) is 0 Å². The number of hydrogen-bond acceptors (Lipinski definition) is 2. The van der Waals surface area contributed by atoms with E-state index >= 15 is 0 Å². The molecule has 1 aromatic carbocycles. The quantitative estimate of drug-likeness (QED) is 0.919. The molecule has 0 fully saturated rings. The Morgan fingerprint density at radius 1 is 1.16 bits per heavy atom. The summed E-state index contributed by atoms with van der Waals surface area (Å²) in [5, 5.41) is 9.00. The molecule has 3 nitrogen and oxygen atoms in total. The molecule has 0 atom stereocenters. The normalized spacial score (nSPS) is 11.8. The van der Waals surface area contributed by atoms with Gasteiger partial charge >= 0.3 is 0 Å². The summed E-state index contributed by atoms with van der Waals surface area (Å²) in [7, 11) is 1.99. The van der Waals surface area contributed by atoms with Crippen LogP contribution in [0.3, 0.4) is 0 Å². The average Bonchev–Trinajstić information content (AvgIpc) is 2.71. The van der Waals surface area contributed by atoms with Crippen LogP contribution >= 0.6 is 0 Å². The van der Waals surface area contributed by atoms with Gasteiger partial charge in [-0.2, -0.15) is 0 Å². The maximum absolute atomic E-state index is 9.00. The van der Waals surface area contributed by atoms with E-state index in [0.29, 0.717) is 6.42 Å². The smallest absolute Gasteiger partial charge is 0.111 e. The Bertz CT molecular complexity index is 547. The molecule has 1 heterocycles. The summed E-state index contributed by atoms with van der Waals surface area (Å²) in [6.45, 7) is 6.77. The first kappa shape index (κ1) is 13.8. The molecule has 0 amide bonds. The van der Waals surface area contributed by atoms with Crippen LogP contribution in [0.1, 0.15) is 32.2 Å². The summed E-state index contributed by atoms with van der Waals surface area (Å²) in [5.41, 5.74) is 3.75. The molecule has 0 bridgehead atoms. The fourth-order valence-corrected chi connectivity index (χ4v) is 2.19. The first-order valence-corrected chi connectivity index (χ1v) is 6.66. The van der Waals surface area contributed by atoms with E-state index in [9.17, 15) is 0 Å². The van der Waals surface area contributed by atoms with Crippen LogP contribution in [-0.4, -0.2) is 21.3 Å². The van der Waals surface area contributed by atoms with Gasteiger partial charge in [-0.3, -0.25) is 0 Å². The minimum absolute atomic E-state index is 0.132. The third kappa shape index (κ3) is 2.87. The minimum Gasteiger partial charge on any atom is -0.396 e. The van der Waals surface area contributed by atoms with Crippen molar-refractivity contribution in [2.45, 2.75) is 32.6 Å². The molecule has 1 aromatic heterocycles. The summed E-state index contributed by atoms with van der Waals surface area (Å²) in [6, 6.07) is 8.63. The van der Waals surface area contributed by atoms with Crippen LogP contribution in [0.5, 0.6) is 0 Å². The fourth-order valence-electron chi connectivity index (χ4n) is 2.19. The van der Waals surface area contributed by atoms with Crippen molar-refractivity contribution in [3.05, 3.63) is 41.9 Å². The lowest BCUT2D eigenvalue weighted by atomic mass is 9.86. The summed E-state index contributed by atoms with van der Waals surface area (Å²) in [5.74, 6) is 0.914. The number of hydrogen-bond donors (Lipinski definition) is 1. The molecular weight excluding hydrogens is 236 g/mol. The van der Waals surface area contributed by atoms with Gasteiger partial charge < -0.3 is 9.67 Å². The van der Waals surface area contributed by atoms with Crippen LogP contribution in [0.4, 0.5) is 0 Å². The Labute approximate surface area is 114 Å². The highest BCUT2D eigenvalue weighted by atomic mass is 16.3. The Kier molecular flexibility index (Phi) is 3.76. The lowest BCUT2D eigenvalue weighted by Gasteiger charge is -2.19. The molecule has 0 aliphatic carbocycles. The van der Waals surface area contributed by atoms with Crippen molar-refractivity contribution < 1.29 is 5.11 Å². The Morgan fingerprint density at radius 2 is 1.79 bits per heavy atom. The van der Waals surface area contributed by atoms with E-state index in [1.54, 1.807) is 0 Å². The number of benzene rings is 1. The molecule has 2 aromatic rings. The standard InChI is InChI=1S/C16H22N2O/c1-16(2,3)13-7-5-12(6-8-13)14-11-17-15(9-10-19)18(14)4/h5-8,11,19H,9-10H2,1-4H3. The topological polar surface area (TPSA) is 38.0 Å². The maximum Gasteiger partial charge on any atom is 0.111 e. The molecule has 0 saturated heterocycles. The summed E-state index contributed by atoms with van der Waals surface area (Å²) >= 11 is 0. The third-order valence-electron chi connectivity index (χ3n) is 3.47. The first-order chi connectivity index (χ1) is 8.93. The van der Waals surface area contributed by atoms with Gasteiger partial charge in [-0.25, -0.2) is 4.98 Å². The molecular formula is C16H22N2O. The van der Waals surface area contributed by atoms with E-state index in [0.717, 1.165) is 17.1 Å². The second-order valence-corrected chi connectivity index (χ2v) is 5.92. The van der Waals surface area contributed by atoms with Crippen molar-refractivity contribution in [1.82, 2.24) is 9.55 Å². The van der Waals surface area contributed by atoms with Crippen LogP contribution < -0.4 is 0 Å². The highest BCUT2D eigenvalue weighted by Crippen LogP contribution is 2.26. The Morgan fingerprint density at radius 3 is 2.32 bits per heavy atom. The number of aliphatic hydroxyl groups is 1. The molecule has 102 valence electrons. The van der Waals surface area contributed by atoms with E-state index < -0.39 is 0 Å². The molecule has 0 aliphatic rings. The van der Waals surface area contributed by atoms with Crippen LogP contribution in [0.25, 0.3) is 11.3 Å². The molecule has 1 N–H and O–H groups in total. The van der Waals surface area contributed by atoms with Crippen molar-refractivity contribution in [2.75, 3.05) is 6.61 Å². The van der Waals surface area contributed by atoms with Gasteiger partial charge in [0.2, 0.25) is 0 Å². The van der Waals surface area contributed by atoms with Crippen molar-refractivity contribution in [2.24, 2.45) is 7.05 Å². The van der Waals surface area contributed by atoms with E-state index in [1.165, 1.54) is 5.56 Å². The van der Waals surface area contributed by atoms with Gasteiger partial charge in [-0.1, -0.05) is 45.0 Å². The van der Waals surface area contributed by atoms with Crippen molar-refractivity contribution in [3.63, 3.8) is 0 Å². The van der Waals surface area contributed by atoms with E-state index in [4.69, 9.17) is 5.11 Å². The second-order valence-electron chi connectivity index (χ2n) is 5.92. The number of rotatable bonds is 3. The van der Waals surface area contributed by atoms with Gasteiger partial charge in [0.1, 0.15) is 5.82 Å². The molecule has 0 aliphatic heterocycles. The largest absolute Gasteiger partial charge is 0.396 e. The van der Waals surface area contributed by atoms with Crippen molar-refractivity contribution >= 4 is 0 Å². The van der Waals surface area contributed by atoms with Crippen molar-refractivity contribution in [3.8, 4) is 11.3 Å². The van der Waals surface area contributed by atoms with Gasteiger partial charge in [0.05, 0.1) is 18.5 Å². The zero-order valence-corrected chi connectivity index (χ0v) is 12.1. The number of nitrogens with zero attached hydrogens (tertiary/aromatic N) is 2. The zero-order chi connectivity index (χ0) is 14.0. The summed E-state index contributed by atoms with van der Waals surface area (Å²) in [6.07, 6.45) is 2.47. The summed E-state index contributed by atoms with van der Waals surface area (Å²) in [4.78, 5) is 4.36. The predicted octanol–water partition coefficient (Wildman–Crippen LogP) is 2.92. The van der Waals surface area contributed by atoms with Gasteiger partial charge in [0.25, 0.3) is 0 Å². The Balaban J connectivity index is 2.32. The molecule has 0 spiro atoms. The lowest BCUT2D eigenvalue weighted by molar-refractivity contribution is 0.295. The van der Waals surface area contributed by atoms with E-state index in [2.05, 4.69) is 50.0 Å². The van der Waals surface area contributed by atoms with Crippen LogP contribution in [-0.2, 0) is 18.9 Å². The highest BCUT2D eigenvalue weighted by Gasteiger charge is 2.14. The number of aromatic nitrogens is 2. The molecule has 0 radical (unpaired) electrons. The molecule has 0 saturated carbocycles. The third-order valence-corrected chi connectivity index (χ3v) is 3.47. The molecule has 0 unspecified atom stereocenters. The average molecular weight is 258 g/mol. The molecule has 19 heavy (non-hydrogen) atoms. The monoisotopic (exact) mass is 258 g/mol. The Hall–Kier alpha value is -1.61. The molecule has 3 heteroatoms. The first-order valence-electron chi connectivity index (χ1n) is 6.66. The van der Waals surface area contributed by atoms with E-state index in [-0.39, 0.29) is 12.0 Å². The summed E-state index contributed by atoms with van der Waals surface area (Å²) < 4.78 is 2.04. The number of imidazole rings is 1. The van der Waals surface area contributed by atoms with Crippen LogP contribution in [0, 0.1) is 0 Å². The second kappa shape index (κ2) is 5.17. The maximum atomic E-state index is 9.00. The van der Waals surface area contributed by atoms with Gasteiger partial charge in [0.15, 0.2) is 0 Å².